The van der Waals surface area contributed by atoms with Gasteiger partial charge in [0.1, 0.15) is 16.5 Å². The van der Waals surface area contributed by atoms with Crippen LogP contribution in [0.5, 0.6) is 0 Å². The molecule has 0 aliphatic rings. The number of hydrogen-bond acceptors (Lipinski definition) is 4. The van der Waals surface area contributed by atoms with Crippen LogP contribution >= 0.6 is 0 Å². The zero-order chi connectivity index (χ0) is 18.3. The van der Waals surface area contributed by atoms with Crippen molar-refractivity contribution in [2.75, 3.05) is 0 Å². The molecule has 0 aliphatic heterocycles. The van der Waals surface area contributed by atoms with Gasteiger partial charge in [0.15, 0.2) is 0 Å². The first-order chi connectivity index (χ1) is 10.9. The van der Waals surface area contributed by atoms with Crippen LogP contribution in [0, 0.1) is 11.6 Å². The van der Waals surface area contributed by atoms with Crippen LogP contribution in [0.2, 0.25) is 0 Å². The van der Waals surface area contributed by atoms with Crippen molar-refractivity contribution in [1.82, 2.24) is 0 Å². The average molecular weight is 384 g/mol. The molecule has 0 heterocycles. The normalized spacial score (nSPS) is 13.0. The average Bonchev–Trinajstić information content (AvgIpc) is 2.45. The van der Waals surface area contributed by atoms with Crippen LogP contribution < -0.4 is 0 Å². The smallest absolute Gasteiger partial charge is 0.282 e. The number of alkyl halides is 2. The Bertz CT molecular complexity index is 984. The van der Waals surface area contributed by atoms with E-state index in [4.69, 9.17) is 4.55 Å². The Morgan fingerprint density at radius 1 is 0.875 bits per heavy atom. The maximum absolute atomic E-state index is 14.3. The number of sulfone groups is 1. The molecule has 0 fully saturated rings. The fraction of sp³-hybridized carbons (Fsp3) is 0.0769. The molecule has 0 aliphatic carbocycles. The predicted octanol–water partition coefficient (Wildman–Crippen LogP) is 2.73. The summed E-state index contributed by atoms with van der Waals surface area (Å²) in [6, 6.07) is 3.06. The van der Waals surface area contributed by atoms with Crippen molar-refractivity contribution < 1.29 is 39.0 Å². The highest BCUT2D eigenvalue weighted by atomic mass is 32.2. The zero-order valence-electron chi connectivity index (χ0n) is 11.5. The summed E-state index contributed by atoms with van der Waals surface area (Å²) in [6.07, 6.45) is 0. The van der Waals surface area contributed by atoms with Gasteiger partial charge < -0.3 is 0 Å². The fourth-order valence-electron chi connectivity index (χ4n) is 1.81. The van der Waals surface area contributed by atoms with Crippen LogP contribution in [0.3, 0.4) is 0 Å². The van der Waals surface area contributed by atoms with Gasteiger partial charge in [0.05, 0.1) is 4.90 Å². The molecule has 0 radical (unpaired) electrons. The van der Waals surface area contributed by atoms with Gasteiger partial charge in [0.25, 0.3) is 20.0 Å². The quantitative estimate of drug-likeness (QED) is 0.498. The highest BCUT2D eigenvalue weighted by Crippen LogP contribution is 2.39. The second-order valence-corrected chi connectivity index (χ2v) is 7.98. The molecular formula is C13H8F4O5S2. The van der Waals surface area contributed by atoms with E-state index in [0.717, 1.165) is 0 Å². The number of benzene rings is 2. The Morgan fingerprint density at radius 3 is 1.88 bits per heavy atom. The van der Waals surface area contributed by atoms with E-state index in [1.54, 1.807) is 0 Å². The van der Waals surface area contributed by atoms with Crippen LogP contribution in [-0.2, 0) is 25.2 Å². The fourth-order valence-corrected chi connectivity index (χ4v) is 3.57. The number of hydrogen-bond donors (Lipinski definition) is 1. The van der Waals surface area contributed by atoms with Crippen molar-refractivity contribution in [3.63, 3.8) is 0 Å². The SMILES string of the molecule is O=S(=O)(O)c1ccc(C(F)(F)S(=O)(=O)c2ccc(F)cc2F)cc1. The molecule has 2 aromatic rings. The van der Waals surface area contributed by atoms with Gasteiger partial charge in [0.2, 0.25) is 0 Å². The third-order valence-electron chi connectivity index (χ3n) is 3.01. The third kappa shape index (κ3) is 3.14. The van der Waals surface area contributed by atoms with Gasteiger partial charge >= 0.3 is 5.25 Å². The lowest BCUT2D eigenvalue weighted by Gasteiger charge is -2.18. The van der Waals surface area contributed by atoms with Crippen LogP contribution in [0.1, 0.15) is 5.56 Å². The third-order valence-corrected chi connectivity index (χ3v) is 5.70. The van der Waals surface area contributed by atoms with E-state index in [9.17, 15) is 34.4 Å². The first-order valence-electron chi connectivity index (χ1n) is 6.03. The molecule has 0 bridgehead atoms. The van der Waals surface area contributed by atoms with Crippen molar-refractivity contribution in [3.8, 4) is 0 Å². The summed E-state index contributed by atoms with van der Waals surface area (Å²) in [7, 11) is -10.2. The van der Waals surface area contributed by atoms with E-state index in [1.165, 1.54) is 0 Å². The lowest BCUT2D eigenvalue weighted by atomic mass is 10.2. The molecule has 0 unspecified atom stereocenters. The highest BCUT2D eigenvalue weighted by Gasteiger charge is 2.49. The van der Waals surface area contributed by atoms with E-state index < -0.39 is 52.2 Å². The molecule has 11 heteroatoms. The molecule has 130 valence electrons. The summed E-state index contributed by atoms with van der Waals surface area (Å²) >= 11 is 0. The molecule has 0 saturated heterocycles. The van der Waals surface area contributed by atoms with Gasteiger partial charge in [-0.05, 0) is 24.3 Å². The largest absolute Gasteiger partial charge is 0.375 e. The van der Waals surface area contributed by atoms with Gasteiger partial charge in [-0.15, -0.1) is 0 Å². The van der Waals surface area contributed by atoms with Crippen molar-refractivity contribution in [1.29, 1.82) is 0 Å². The molecule has 0 atom stereocenters. The predicted molar refractivity (Wildman–Crippen MR) is 73.7 cm³/mol. The Kier molecular flexibility index (Phi) is 4.46. The summed E-state index contributed by atoms with van der Waals surface area (Å²) in [4.78, 5) is -2.14. The van der Waals surface area contributed by atoms with Crippen molar-refractivity contribution >= 4 is 20.0 Å². The number of rotatable bonds is 4. The van der Waals surface area contributed by atoms with E-state index in [-0.39, 0.29) is 6.07 Å². The summed E-state index contributed by atoms with van der Waals surface area (Å²) in [6.45, 7) is 0. The van der Waals surface area contributed by atoms with Gasteiger partial charge in [-0.3, -0.25) is 4.55 Å². The maximum atomic E-state index is 14.3. The molecule has 0 aromatic heterocycles. The molecule has 24 heavy (non-hydrogen) atoms. The Balaban J connectivity index is 2.56. The monoisotopic (exact) mass is 384 g/mol. The topological polar surface area (TPSA) is 88.5 Å². The summed E-state index contributed by atoms with van der Waals surface area (Å²) in [5.41, 5.74) is -1.15. The minimum absolute atomic E-state index is 0.143. The van der Waals surface area contributed by atoms with Crippen molar-refractivity contribution in [2.24, 2.45) is 0 Å². The van der Waals surface area contributed by atoms with E-state index in [0.29, 0.717) is 36.4 Å². The van der Waals surface area contributed by atoms with Gasteiger partial charge in [-0.25, -0.2) is 17.2 Å². The summed E-state index contributed by atoms with van der Waals surface area (Å²) in [5, 5.41) is -4.62. The van der Waals surface area contributed by atoms with Crippen molar-refractivity contribution in [3.05, 3.63) is 59.7 Å². The minimum Gasteiger partial charge on any atom is -0.282 e. The minimum atomic E-state index is -5.57. The summed E-state index contributed by atoms with van der Waals surface area (Å²) < 4.78 is 109. The van der Waals surface area contributed by atoms with E-state index in [1.807, 2.05) is 0 Å². The van der Waals surface area contributed by atoms with Crippen LogP contribution in [-0.4, -0.2) is 21.4 Å². The summed E-state index contributed by atoms with van der Waals surface area (Å²) in [5.74, 6) is -2.84. The molecule has 0 amide bonds. The lowest BCUT2D eigenvalue weighted by Crippen LogP contribution is -2.27. The second kappa shape index (κ2) is 5.83. The molecule has 2 rings (SSSR count). The Hall–Kier alpha value is -1.98. The first kappa shape index (κ1) is 18.4. The molecule has 0 spiro atoms. The van der Waals surface area contributed by atoms with Gasteiger partial charge in [-0.1, -0.05) is 12.1 Å². The second-order valence-electron chi connectivity index (χ2n) is 4.59. The Morgan fingerprint density at radius 2 is 1.42 bits per heavy atom. The zero-order valence-corrected chi connectivity index (χ0v) is 13.1. The van der Waals surface area contributed by atoms with E-state index >= 15 is 0 Å². The molecule has 0 saturated carbocycles. The van der Waals surface area contributed by atoms with Crippen molar-refractivity contribution in [2.45, 2.75) is 15.0 Å². The maximum Gasteiger partial charge on any atom is 0.375 e. The van der Waals surface area contributed by atoms with Crippen LogP contribution in [0.25, 0.3) is 0 Å². The highest BCUT2D eigenvalue weighted by molar-refractivity contribution is 7.92. The van der Waals surface area contributed by atoms with E-state index in [2.05, 4.69) is 0 Å². The van der Waals surface area contributed by atoms with Crippen LogP contribution in [0.15, 0.2) is 52.3 Å². The number of halogens is 4. The first-order valence-corrected chi connectivity index (χ1v) is 8.95. The molecule has 1 N–H and O–H groups in total. The lowest BCUT2D eigenvalue weighted by molar-refractivity contribution is 0.0901. The standard InChI is InChI=1S/C13H8F4O5S2/c14-9-3-6-12(11(15)7-9)23(18,19)13(16,17)8-1-4-10(5-2-8)24(20,21)22/h1-7H,(H,20,21,22). The Labute approximate surface area is 134 Å². The molecule has 5 nitrogen and oxygen atoms in total. The van der Waals surface area contributed by atoms with Gasteiger partial charge in [0, 0.05) is 11.6 Å². The van der Waals surface area contributed by atoms with Crippen LogP contribution in [0.4, 0.5) is 17.6 Å². The molecular weight excluding hydrogens is 376 g/mol. The van der Waals surface area contributed by atoms with Gasteiger partial charge in [-0.2, -0.15) is 17.2 Å². The molecule has 2 aromatic carbocycles.